The number of benzene rings is 1. The summed E-state index contributed by atoms with van der Waals surface area (Å²) in [5, 5.41) is 3.52. The summed E-state index contributed by atoms with van der Waals surface area (Å²) in [7, 11) is 0. The Morgan fingerprint density at radius 3 is 1.90 bits per heavy atom. The molecule has 21 heavy (non-hydrogen) atoms. The van der Waals surface area contributed by atoms with Crippen molar-refractivity contribution >= 4 is 0 Å². The maximum atomic E-state index is 5.79. The predicted octanol–water partition coefficient (Wildman–Crippen LogP) is 3.53. The molecule has 1 aromatic carbocycles. The van der Waals surface area contributed by atoms with Crippen molar-refractivity contribution in [2.75, 3.05) is 19.8 Å². The number of hydrogen-bond donors (Lipinski definition) is 1. The van der Waals surface area contributed by atoms with Gasteiger partial charge in [0.2, 0.25) is 0 Å². The van der Waals surface area contributed by atoms with E-state index < -0.39 is 0 Å². The number of nitrogens with one attached hydrogen (secondary N) is 1. The summed E-state index contributed by atoms with van der Waals surface area (Å²) in [6, 6.07) is 4.68. The van der Waals surface area contributed by atoms with Gasteiger partial charge in [-0.2, -0.15) is 0 Å². The van der Waals surface area contributed by atoms with Crippen LogP contribution in [-0.2, 0) is 15.9 Å². The van der Waals surface area contributed by atoms with E-state index in [1.165, 1.54) is 22.3 Å². The minimum atomic E-state index is -0.194. The lowest BCUT2D eigenvalue weighted by Gasteiger charge is -2.28. The van der Waals surface area contributed by atoms with E-state index in [9.17, 15) is 0 Å². The van der Waals surface area contributed by atoms with Gasteiger partial charge in [-0.25, -0.2) is 0 Å². The first-order chi connectivity index (χ1) is 10.0. The molecule has 0 spiro atoms. The topological polar surface area (TPSA) is 30.5 Å². The lowest BCUT2D eigenvalue weighted by atomic mass is 9.94. The largest absolute Gasteiger partial charge is 0.351 e. The van der Waals surface area contributed by atoms with E-state index in [1.807, 2.05) is 13.8 Å². The minimum absolute atomic E-state index is 0.176. The van der Waals surface area contributed by atoms with E-state index in [0.29, 0.717) is 13.2 Å². The fraction of sp³-hybridized carbons (Fsp3) is 0.667. The van der Waals surface area contributed by atoms with Crippen molar-refractivity contribution in [2.24, 2.45) is 0 Å². The van der Waals surface area contributed by atoms with Crippen LogP contribution in [0.25, 0.3) is 0 Å². The molecule has 1 N–H and O–H groups in total. The van der Waals surface area contributed by atoms with Crippen molar-refractivity contribution in [1.82, 2.24) is 5.32 Å². The first-order valence-corrected chi connectivity index (χ1v) is 8.06. The van der Waals surface area contributed by atoms with Crippen LogP contribution in [0.4, 0.5) is 0 Å². The molecule has 1 atom stereocenters. The Kier molecular flexibility index (Phi) is 7.94. The fourth-order valence-electron chi connectivity index (χ4n) is 2.89. The molecule has 0 amide bonds. The van der Waals surface area contributed by atoms with Crippen LogP contribution < -0.4 is 5.32 Å². The average molecular weight is 293 g/mol. The van der Waals surface area contributed by atoms with E-state index in [0.717, 1.165) is 13.0 Å². The number of hydrogen-bond acceptors (Lipinski definition) is 3. The van der Waals surface area contributed by atoms with E-state index >= 15 is 0 Å². The Hall–Kier alpha value is -0.900. The second-order valence-corrected chi connectivity index (χ2v) is 5.52. The van der Waals surface area contributed by atoms with Crippen LogP contribution in [0.2, 0.25) is 0 Å². The summed E-state index contributed by atoms with van der Waals surface area (Å²) >= 11 is 0. The van der Waals surface area contributed by atoms with Gasteiger partial charge in [0.15, 0.2) is 6.29 Å². The maximum absolute atomic E-state index is 5.79. The van der Waals surface area contributed by atoms with Gasteiger partial charge in [0, 0.05) is 13.2 Å². The number of ether oxygens (including phenoxy) is 2. The first-order valence-electron chi connectivity index (χ1n) is 8.06. The summed E-state index contributed by atoms with van der Waals surface area (Å²) in [6.07, 6.45) is 0.733. The van der Waals surface area contributed by atoms with Crippen molar-refractivity contribution in [3.63, 3.8) is 0 Å². The van der Waals surface area contributed by atoms with Crippen LogP contribution in [0, 0.1) is 20.8 Å². The lowest BCUT2D eigenvalue weighted by Crippen LogP contribution is -2.44. The highest BCUT2D eigenvalue weighted by molar-refractivity contribution is 5.38. The van der Waals surface area contributed by atoms with E-state index in [-0.39, 0.29) is 12.3 Å². The van der Waals surface area contributed by atoms with Crippen molar-refractivity contribution in [3.8, 4) is 0 Å². The number of rotatable bonds is 9. The molecular formula is C18H31NO2. The molecule has 0 heterocycles. The van der Waals surface area contributed by atoms with E-state index in [1.54, 1.807) is 0 Å². The monoisotopic (exact) mass is 293 g/mol. The molecule has 0 aliphatic heterocycles. The van der Waals surface area contributed by atoms with Gasteiger partial charge in [-0.1, -0.05) is 24.6 Å². The normalized spacial score (nSPS) is 12.9. The Morgan fingerprint density at radius 2 is 1.48 bits per heavy atom. The van der Waals surface area contributed by atoms with Crippen LogP contribution in [0.3, 0.4) is 0 Å². The predicted molar refractivity (Wildman–Crippen MR) is 88.9 cm³/mol. The molecular weight excluding hydrogens is 262 g/mol. The van der Waals surface area contributed by atoms with Gasteiger partial charge < -0.3 is 14.8 Å². The summed E-state index contributed by atoms with van der Waals surface area (Å²) in [6.45, 7) is 14.9. The Balaban J connectivity index is 2.96. The molecule has 1 aromatic rings. The van der Waals surface area contributed by atoms with Gasteiger partial charge in [0.1, 0.15) is 0 Å². The smallest absolute Gasteiger partial charge is 0.172 e. The van der Waals surface area contributed by atoms with Crippen molar-refractivity contribution < 1.29 is 9.47 Å². The zero-order chi connectivity index (χ0) is 15.8. The molecule has 0 aromatic heterocycles. The van der Waals surface area contributed by atoms with Crippen LogP contribution in [0.15, 0.2) is 12.1 Å². The SMILES string of the molecule is CCNC(Cc1c(C)cc(C)cc1C)C(OCC)OCC. The quantitative estimate of drug-likeness (QED) is 0.707. The fourth-order valence-corrected chi connectivity index (χ4v) is 2.89. The van der Waals surface area contributed by atoms with Gasteiger partial charge in [0.05, 0.1) is 6.04 Å². The van der Waals surface area contributed by atoms with Gasteiger partial charge >= 0.3 is 0 Å². The highest BCUT2D eigenvalue weighted by atomic mass is 16.7. The average Bonchev–Trinajstić information content (AvgIpc) is 2.41. The number of aryl methyl sites for hydroxylation is 3. The molecule has 3 nitrogen and oxygen atoms in total. The molecule has 0 saturated carbocycles. The van der Waals surface area contributed by atoms with Crippen LogP contribution in [-0.4, -0.2) is 32.1 Å². The third-order valence-corrected chi connectivity index (χ3v) is 3.72. The lowest BCUT2D eigenvalue weighted by molar-refractivity contribution is -0.153. The van der Waals surface area contributed by atoms with Gasteiger partial charge in [-0.3, -0.25) is 0 Å². The van der Waals surface area contributed by atoms with Crippen molar-refractivity contribution in [2.45, 2.75) is 60.3 Å². The summed E-state index contributed by atoms with van der Waals surface area (Å²) in [5.41, 5.74) is 5.42. The zero-order valence-electron chi connectivity index (χ0n) is 14.5. The van der Waals surface area contributed by atoms with E-state index in [4.69, 9.17) is 9.47 Å². The molecule has 1 unspecified atom stereocenters. The van der Waals surface area contributed by atoms with Gasteiger partial charge in [-0.15, -0.1) is 0 Å². The molecule has 0 bridgehead atoms. The second kappa shape index (κ2) is 9.19. The standard InChI is InChI=1S/C18H31NO2/c1-7-19-17(18(20-8-2)21-9-3)12-16-14(5)10-13(4)11-15(16)6/h10-11,17-19H,7-9,12H2,1-6H3. The number of likely N-dealkylation sites (N-methyl/N-ethyl adjacent to an activating group) is 1. The maximum Gasteiger partial charge on any atom is 0.172 e. The van der Waals surface area contributed by atoms with Crippen LogP contribution in [0.5, 0.6) is 0 Å². The van der Waals surface area contributed by atoms with Gasteiger partial charge in [0.25, 0.3) is 0 Å². The van der Waals surface area contributed by atoms with E-state index in [2.05, 4.69) is 45.1 Å². The Morgan fingerprint density at radius 1 is 0.952 bits per heavy atom. The highest BCUT2D eigenvalue weighted by Gasteiger charge is 2.23. The Labute approximate surface area is 130 Å². The molecule has 0 fully saturated rings. The summed E-state index contributed by atoms with van der Waals surface area (Å²) < 4.78 is 11.6. The molecule has 0 aliphatic rings. The molecule has 120 valence electrons. The molecule has 0 saturated heterocycles. The van der Waals surface area contributed by atoms with Crippen molar-refractivity contribution in [1.29, 1.82) is 0 Å². The highest BCUT2D eigenvalue weighted by Crippen LogP contribution is 2.20. The van der Waals surface area contributed by atoms with Crippen LogP contribution >= 0.6 is 0 Å². The second-order valence-electron chi connectivity index (χ2n) is 5.52. The van der Waals surface area contributed by atoms with Crippen molar-refractivity contribution in [3.05, 3.63) is 34.4 Å². The first kappa shape index (κ1) is 18.1. The van der Waals surface area contributed by atoms with Crippen LogP contribution in [0.1, 0.15) is 43.0 Å². The summed E-state index contributed by atoms with van der Waals surface area (Å²) in [5.74, 6) is 0. The van der Waals surface area contributed by atoms with Gasteiger partial charge in [-0.05, 0) is 64.3 Å². The molecule has 1 rings (SSSR count). The summed E-state index contributed by atoms with van der Waals surface area (Å²) in [4.78, 5) is 0. The Bertz CT molecular complexity index is 402. The molecule has 0 radical (unpaired) electrons. The third kappa shape index (κ3) is 5.42. The third-order valence-electron chi connectivity index (χ3n) is 3.72. The molecule has 0 aliphatic carbocycles. The zero-order valence-corrected chi connectivity index (χ0v) is 14.5. The molecule has 3 heteroatoms. The minimum Gasteiger partial charge on any atom is -0.351 e.